The molecule has 0 saturated carbocycles. The number of carbonyl (C=O) groups is 1. The highest BCUT2D eigenvalue weighted by atomic mass is 16.5. The van der Waals surface area contributed by atoms with Crippen molar-refractivity contribution in [2.45, 2.75) is 6.42 Å². The number of anilines is 1. The van der Waals surface area contributed by atoms with Crippen LogP contribution in [-0.2, 0) is 4.79 Å². The SMILES string of the molecule is N#CC(=Cc1cccc(N2C=C(c3ccc(Oc4ccccc4)cc3)CC2)c1)C(=O)NCCO. The van der Waals surface area contributed by atoms with Crippen LogP contribution in [0.25, 0.3) is 11.6 Å². The van der Waals surface area contributed by atoms with Gasteiger partial charge in [-0.3, -0.25) is 4.79 Å². The molecule has 3 aromatic rings. The van der Waals surface area contributed by atoms with Crippen LogP contribution in [0, 0.1) is 11.3 Å². The lowest BCUT2D eigenvalue weighted by atomic mass is 10.1. The first kappa shape index (κ1) is 22.8. The summed E-state index contributed by atoms with van der Waals surface area (Å²) in [7, 11) is 0. The Balaban J connectivity index is 1.47. The summed E-state index contributed by atoms with van der Waals surface area (Å²) in [6, 6.07) is 27.4. The molecule has 1 heterocycles. The standard InChI is InChI=1S/C28H25N3O3/c29-19-24(28(33)30-14-16-32)17-21-5-4-6-25(18-21)31-15-13-23(20-31)22-9-11-27(12-10-22)34-26-7-2-1-3-8-26/h1-12,17-18,20,32H,13-16H2,(H,30,33). The average Bonchev–Trinajstić information content (AvgIpc) is 3.37. The number of nitriles is 1. The second-order valence-corrected chi connectivity index (χ2v) is 7.78. The Hall–Kier alpha value is -4.34. The van der Waals surface area contributed by atoms with E-state index in [1.807, 2.05) is 72.8 Å². The molecule has 3 aromatic carbocycles. The second-order valence-electron chi connectivity index (χ2n) is 7.78. The Kier molecular flexibility index (Phi) is 7.39. The second kappa shape index (κ2) is 11.0. The molecular formula is C28H25N3O3. The topological polar surface area (TPSA) is 85.6 Å². The molecule has 0 aromatic heterocycles. The lowest BCUT2D eigenvalue weighted by molar-refractivity contribution is -0.117. The molecule has 1 aliphatic rings. The van der Waals surface area contributed by atoms with E-state index in [4.69, 9.17) is 9.84 Å². The van der Waals surface area contributed by atoms with Gasteiger partial charge in [-0.2, -0.15) is 5.26 Å². The van der Waals surface area contributed by atoms with E-state index in [0.29, 0.717) is 0 Å². The van der Waals surface area contributed by atoms with Crippen LogP contribution in [-0.4, -0.2) is 30.7 Å². The minimum absolute atomic E-state index is 0.000986. The van der Waals surface area contributed by atoms with E-state index in [1.54, 1.807) is 6.08 Å². The fourth-order valence-corrected chi connectivity index (χ4v) is 3.72. The molecule has 0 aliphatic carbocycles. The van der Waals surface area contributed by atoms with Gasteiger partial charge in [0, 0.05) is 25.0 Å². The van der Waals surface area contributed by atoms with Crippen molar-refractivity contribution in [2.75, 3.05) is 24.6 Å². The van der Waals surface area contributed by atoms with E-state index in [0.717, 1.165) is 41.3 Å². The number of para-hydroxylation sites is 1. The van der Waals surface area contributed by atoms with E-state index in [9.17, 15) is 10.1 Å². The molecule has 170 valence electrons. The van der Waals surface area contributed by atoms with Crippen LogP contribution in [0.3, 0.4) is 0 Å². The van der Waals surface area contributed by atoms with Gasteiger partial charge in [-0.15, -0.1) is 0 Å². The molecule has 0 radical (unpaired) electrons. The fourth-order valence-electron chi connectivity index (χ4n) is 3.72. The van der Waals surface area contributed by atoms with Gasteiger partial charge in [0.15, 0.2) is 0 Å². The van der Waals surface area contributed by atoms with Crippen molar-refractivity contribution in [1.82, 2.24) is 5.32 Å². The highest BCUT2D eigenvalue weighted by Gasteiger charge is 2.16. The molecule has 34 heavy (non-hydrogen) atoms. The lowest BCUT2D eigenvalue weighted by Gasteiger charge is -2.15. The maximum absolute atomic E-state index is 12.1. The molecule has 0 saturated heterocycles. The van der Waals surface area contributed by atoms with Gasteiger partial charge in [-0.05, 0) is 65.6 Å². The van der Waals surface area contributed by atoms with E-state index in [1.165, 1.54) is 5.57 Å². The zero-order valence-electron chi connectivity index (χ0n) is 18.6. The Labute approximate surface area is 199 Å². The largest absolute Gasteiger partial charge is 0.457 e. The van der Waals surface area contributed by atoms with E-state index < -0.39 is 5.91 Å². The number of hydrogen-bond acceptors (Lipinski definition) is 5. The maximum Gasteiger partial charge on any atom is 0.262 e. The first-order valence-corrected chi connectivity index (χ1v) is 11.1. The van der Waals surface area contributed by atoms with Crippen LogP contribution < -0.4 is 15.0 Å². The van der Waals surface area contributed by atoms with Crippen molar-refractivity contribution in [3.8, 4) is 17.6 Å². The number of ether oxygens (including phenoxy) is 1. The average molecular weight is 452 g/mol. The number of aliphatic hydroxyl groups excluding tert-OH is 1. The molecule has 0 bridgehead atoms. The number of aliphatic hydroxyl groups is 1. The van der Waals surface area contributed by atoms with Gasteiger partial charge < -0.3 is 20.1 Å². The summed E-state index contributed by atoms with van der Waals surface area (Å²) in [5.74, 6) is 1.10. The molecule has 2 N–H and O–H groups in total. The molecular weight excluding hydrogens is 426 g/mol. The van der Waals surface area contributed by atoms with Gasteiger partial charge in [0.1, 0.15) is 23.1 Å². The number of benzene rings is 3. The third-order valence-corrected chi connectivity index (χ3v) is 5.41. The molecule has 6 heteroatoms. The quantitative estimate of drug-likeness (QED) is 0.382. The summed E-state index contributed by atoms with van der Waals surface area (Å²) in [4.78, 5) is 14.2. The summed E-state index contributed by atoms with van der Waals surface area (Å²) in [6.45, 7) is 0.776. The molecule has 6 nitrogen and oxygen atoms in total. The zero-order chi connectivity index (χ0) is 23.8. The smallest absolute Gasteiger partial charge is 0.262 e. The first-order chi connectivity index (χ1) is 16.7. The third-order valence-electron chi connectivity index (χ3n) is 5.41. The predicted octanol–water partition coefficient (Wildman–Crippen LogP) is 4.75. The maximum atomic E-state index is 12.1. The molecule has 0 unspecified atom stereocenters. The minimum Gasteiger partial charge on any atom is -0.457 e. The van der Waals surface area contributed by atoms with Crippen molar-refractivity contribution in [3.63, 3.8) is 0 Å². The van der Waals surface area contributed by atoms with E-state index in [-0.39, 0.29) is 18.7 Å². The van der Waals surface area contributed by atoms with E-state index in [2.05, 4.69) is 28.5 Å². The van der Waals surface area contributed by atoms with Crippen molar-refractivity contribution in [1.29, 1.82) is 5.26 Å². The van der Waals surface area contributed by atoms with Crippen molar-refractivity contribution in [2.24, 2.45) is 0 Å². The monoisotopic (exact) mass is 451 g/mol. The predicted molar refractivity (Wildman–Crippen MR) is 133 cm³/mol. The Morgan fingerprint density at radius 3 is 2.56 bits per heavy atom. The highest BCUT2D eigenvalue weighted by Crippen LogP contribution is 2.31. The van der Waals surface area contributed by atoms with Gasteiger partial charge in [-0.25, -0.2) is 0 Å². The fraction of sp³-hybridized carbons (Fsp3) is 0.143. The molecule has 1 aliphatic heterocycles. The Morgan fingerprint density at radius 2 is 1.82 bits per heavy atom. The minimum atomic E-state index is -0.495. The summed E-state index contributed by atoms with van der Waals surface area (Å²) in [5, 5.41) is 20.7. The number of amides is 1. The van der Waals surface area contributed by atoms with Crippen LogP contribution >= 0.6 is 0 Å². The van der Waals surface area contributed by atoms with Gasteiger partial charge in [-0.1, -0.05) is 42.5 Å². The van der Waals surface area contributed by atoms with Gasteiger partial charge in [0.25, 0.3) is 5.91 Å². The van der Waals surface area contributed by atoms with Gasteiger partial charge >= 0.3 is 0 Å². The number of nitrogens with one attached hydrogen (secondary N) is 1. The number of nitrogens with zero attached hydrogens (tertiary/aromatic N) is 2. The molecule has 0 fully saturated rings. The zero-order valence-corrected chi connectivity index (χ0v) is 18.6. The third kappa shape index (κ3) is 5.71. The Bertz CT molecular complexity index is 1240. The summed E-state index contributed by atoms with van der Waals surface area (Å²) < 4.78 is 5.88. The van der Waals surface area contributed by atoms with Gasteiger partial charge in [0.05, 0.1) is 6.61 Å². The van der Waals surface area contributed by atoms with Crippen LogP contribution in [0.2, 0.25) is 0 Å². The Morgan fingerprint density at radius 1 is 1.06 bits per heavy atom. The van der Waals surface area contributed by atoms with Crippen LogP contribution in [0.1, 0.15) is 17.5 Å². The number of hydrogen-bond donors (Lipinski definition) is 2. The molecule has 0 spiro atoms. The molecule has 1 amide bonds. The van der Waals surface area contributed by atoms with Crippen molar-refractivity contribution in [3.05, 3.63) is 102 Å². The number of carbonyl (C=O) groups excluding carboxylic acids is 1. The first-order valence-electron chi connectivity index (χ1n) is 11.1. The summed E-state index contributed by atoms with van der Waals surface area (Å²) in [6.07, 6.45) is 4.60. The molecule has 0 atom stereocenters. The van der Waals surface area contributed by atoms with Crippen LogP contribution in [0.15, 0.2) is 90.6 Å². The van der Waals surface area contributed by atoms with Crippen molar-refractivity contribution < 1.29 is 14.6 Å². The van der Waals surface area contributed by atoms with E-state index >= 15 is 0 Å². The lowest BCUT2D eigenvalue weighted by Crippen LogP contribution is -2.27. The molecule has 4 rings (SSSR count). The van der Waals surface area contributed by atoms with Crippen LogP contribution in [0.4, 0.5) is 5.69 Å². The highest BCUT2D eigenvalue weighted by molar-refractivity contribution is 6.01. The van der Waals surface area contributed by atoms with Crippen LogP contribution in [0.5, 0.6) is 11.5 Å². The van der Waals surface area contributed by atoms with Gasteiger partial charge in [0.2, 0.25) is 0 Å². The summed E-state index contributed by atoms with van der Waals surface area (Å²) >= 11 is 0. The summed E-state index contributed by atoms with van der Waals surface area (Å²) in [5.41, 5.74) is 4.12. The number of rotatable bonds is 8. The van der Waals surface area contributed by atoms with Crippen molar-refractivity contribution >= 4 is 23.2 Å². The normalized spacial score (nSPS) is 13.2.